The van der Waals surface area contributed by atoms with E-state index in [1.54, 1.807) is 6.20 Å². The Balaban J connectivity index is 1.46. The number of nitrogens with one attached hydrogen (secondary N) is 1. The molecule has 0 unspecified atom stereocenters. The summed E-state index contributed by atoms with van der Waals surface area (Å²) in [5, 5.41) is 0.745. The summed E-state index contributed by atoms with van der Waals surface area (Å²) in [5.41, 5.74) is 1.24. The molecule has 2 aliphatic rings. The lowest BCUT2D eigenvalue weighted by molar-refractivity contribution is -0.159. The van der Waals surface area contributed by atoms with E-state index < -0.39 is 30.0 Å². The Labute approximate surface area is 167 Å². The van der Waals surface area contributed by atoms with Gasteiger partial charge >= 0.3 is 5.97 Å². The van der Waals surface area contributed by atoms with Gasteiger partial charge in [0.25, 0.3) is 0 Å². The van der Waals surface area contributed by atoms with E-state index in [0.29, 0.717) is 18.4 Å². The minimum Gasteiger partial charge on any atom is -0.453 e. The van der Waals surface area contributed by atoms with E-state index in [2.05, 4.69) is 4.98 Å². The molecule has 1 fully saturated rings. The summed E-state index contributed by atoms with van der Waals surface area (Å²) in [5.74, 6) is -2.62. The van der Waals surface area contributed by atoms with Crippen molar-refractivity contribution in [2.75, 3.05) is 0 Å². The maximum Gasteiger partial charge on any atom is 0.329 e. The number of ketones is 1. The van der Waals surface area contributed by atoms with Gasteiger partial charge in [0.2, 0.25) is 17.6 Å². The lowest BCUT2D eigenvalue weighted by atomic mass is 9.85. The van der Waals surface area contributed by atoms with Crippen LogP contribution in [0.2, 0.25) is 0 Å². The number of para-hydroxylation sites is 1. The standard InChI is InChI=1S/C22H22N2O5/c1-12(24-20(26)15-8-3-4-9-16(15)21(24)27)22(28)29-13(2)19(25)17-11-23-18-10-6-5-7-14(17)18/h3-7,10-13,15-16,23H,8-9H2,1-2H3/t12-,13+,15-,16-/m0/s1. The number of Topliss-reactive ketones (excluding diaryl/α,β-unsaturated/α-hetero) is 1. The molecule has 1 aliphatic carbocycles. The van der Waals surface area contributed by atoms with Crippen LogP contribution in [-0.4, -0.2) is 45.6 Å². The molecule has 1 aromatic carbocycles. The number of aromatic nitrogens is 1. The summed E-state index contributed by atoms with van der Waals surface area (Å²) in [4.78, 5) is 54.7. The molecule has 1 N–H and O–H groups in total. The second kappa shape index (κ2) is 7.31. The van der Waals surface area contributed by atoms with Crippen molar-refractivity contribution < 1.29 is 23.9 Å². The molecule has 150 valence electrons. The number of likely N-dealkylation sites (tertiary alicyclic amines) is 1. The molecule has 0 spiro atoms. The van der Waals surface area contributed by atoms with E-state index >= 15 is 0 Å². The Bertz CT molecular complexity index is 1010. The van der Waals surface area contributed by atoms with E-state index in [9.17, 15) is 19.2 Å². The normalized spacial score (nSPS) is 23.2. The highest BCUT2D eigenvalue weighted by Crippen LogP contribution is 2.36. The van der Waals surface area contributed by atoms with Crippen LogP contribution < -0.4 is 0 Å². The number of rotatable bonds is 5. The van der Waals surface area contributed by atoms with Gasteiger partial charge in [0, 0.05) is 22.7 Å². The van der Waals surface area contributed by atoms with Crippen LogP contribution in [-0.2, 0) is 19.1 Å². The molecule has 2 amide bonds. The zero-order valence-electron chi connectivity index (χ0n) is 16.3. The zero-order valence-corrected chi connectivity index (χ0v) is 16.3. The van der Waals surface area contributed by atoms with Crippen molar-refractivity contribution in [3.05, 3.63) is 48.2 Å². The fourth-order valence-electron chi connectivity index (χ4n) is 4.13. The first kappa shape index (κ1) is 19.1. The Morgan fingerprint density at radius 3 is 2.34 bits per heavy atom. The minimum atomic E-state index is -1.07. The molecule has 1 saturated heterocycles. The lowest BCUT2D eigenvalue weighted by Gasteiger charge is -2.23. The first-order chi connectivity index (χ1) is 13.9. The Morgan fingerprint density at radius 1 is 1.07 bits per heavy atom. The lowest BCUT2D eigenvalue weighted by Crippen LogP contribution is -2.45. The Morgan fingerprint density at radius 2 is 1.69 bits per heavy atom. The Kier molecular flexibility index (Phi) is 4.82. The summed E-state index contributed by atoms with van der Waals surface area (Å²) in [6, 6.07) is 6.27. The SMILES string of the molecule is C[C@@H](OC(=O)[C@H](C)N1C(=O)[C@H]2CC=CC[C@@H]2C1=O)C(=O)c1c[nH]c2ccccc12. The number of benzene rings is 1. The molecule has 0 saturated carbocycles. The van der Waals surface area contributed by atoms with E-state index in [4.69, 9.17) is 4.74 Å². The third kappa shape index (κ3) is 3.16. The number of hydrogen-bond donors (Lipinski definition) is 1. The highest BCUT2D eigenvalue weighted by atomic mass is 16.5. The molecule has 0 bridgehead atoms. The van der Waals surface area contributed by atoms with E-state index in [1.807, 2.05) is 36.4 Å². The van der Waals surface area contributed by atoms with Gasteiger partial charge in [-0.15, -0.1) is 0 Å². The van der Waals surface area contributed by atoms with Crippen LogP contribution in [0.5, 0.6) is 0 Å². The average molecular weight is 394 g/mol. The van der Waals surface area contributed by atoms with E-state index in [-0.39, 0.29) is 17.6 Å². The predicted molar refractivity (Wildman–Crippen MR) is 105 cm³/mol. The molecule has 1 aromatic heterocycles. The second-order valence-corrected chi connectivity index (χ2v) is 7.57. The highest BCUT2D eigenvalue weighted by molar-refractivity contribution is 6.11. The number of esters is 1. The summed E-state index contributed by atoms with van der Waals surface area (Å²) in [7, 11) is 0. The predicted octanol–water partition coefficient (Wildman–Crippen LogP) is 2.62. The number of ether oxygens (including phenoxy) is 1. The number of allylic oxidation sites excluding steroid dienone is 2. The van der Waals surface area contributed by atoms with Crippen LogP contribution in [0.1, 0.15) is 37.0 Å². The van der Waals surface area contributed by atoms with Crippen molar-refractivity contribution in [2.45, 2.75) is 38.8 Å². The third-order valence-electron chi connectivity index (χ3n) is 5.79. The van der Waals surface area contributed by atoms with Crippen LogP contribution >= 0.6 is 0 Å². The first-order valence-corrected chi connectivity index (χ1v) is 9.73. The van der Waals surface area contributed by atoms with Gasteiger partial charge in [-0.25, -0.2) is 4.79 Å². The molecular weight excluding hydrogens is 372 g/mol. The van der Waals surface area contributed by atoms with E-state index in [1.165, 1.54) is 13.8 Å². The van der Waals surface area contributed by atoms with Crippen LogP contribution in [0.3, 0.4) is 0 Å². The monoisotopic (exact) mass is 394 g/mol. The van der Waals surface area contributed by atoms with Gasteiger partial charge in [-0.1, -0.05) is 30.4 Å². The van der Waals surface area contributed by atoms with Crippen molar-refractivity contribution in [2.24, 2.45) is 11.8 Å². The van der Waals surface area contributed by atoms with Gasteiger partial charge in [-0.2, -0.15) is 0 Å². The van der Waals surface area contributed by atoms with Crippen LogP contribution in [0.25, 0.3) is 10.9 Å². The minimum absolute atomic E-state index is 0.343. The number of aromatic amines is 1. The number of carbonyl (C=O) groups is 4. The smallest absolute Gasteiger partial charge is 0.329 e. The number of hydrogen-bond acceptors (Lipinski definition) is 5. The summed E-state index contributed by atoms with van der Waals surface area (Å²) < 4.78 is 5.35. The summed E-state index contributed by atoms with van der Waals surface area (Å²) in [6.07, 6.45) is 5.33. The largest absolute Gasteiger partial charge is 0.453 e. The van der Waals surface area contributed by atoms with Gasteiger partial charge in [0.1, 0.15) is 6.04 Å². The molecule has 4 atom stereocenters. The van der Waals surface area contributed by atoms with Gasteiger partial charge < -0.3 is 9.72 Å². The zero-order chi connectivity index (χ0) is 20.7. The molecular formula is C22H22N2O5. The van der Waals surface area contributed by atoms with Gasteiger partial charge in [0.05, 0.1) is 11.8 Å². The summed E-state index contributed by atoms with van der Waals surface area (Å²) >= 11 is 0. The van der Waals surface area contributed by atoms with Crippen molar-refractivity contribution >= 4 is 34.5 Å². The highest BCUT2D eigenvalue weighted by Gasteiger charge is 2.50. The maximum absolute atomic E-state index is 12.8. The van der Waals surface area contributed by atoms with Gasteiger partial charge in [0.15, 0.2) is 6.10 Å². The molecule has 0 radical (unpaired) electrons. The molecule has 4 rings (SSSR count). The topological polar surface area (TPSA) is 96.5 Å². The number of carbonyl (C=O) groups excluding carboxylic acids is 4. The van der Waals surface area contributed by atoms with Gasteiger partial charge in [-0.05, 0) is 32.8 Å². The quantitative estimate of drug-likeness (QED) is 0.364. The Hall–Kier alpha value is -3.22. The van der Waals surface area contributed by atoms with Crippen molar-refractivity contribution in [1.82, 2.24) is 9.88 Å². The second-order valence-electron chi connectivity index (χ2n) is 7.57. The molecule has 2 aromatic rings. The summed E-state index contributed by atoms with van der Waals surface area (Å²) in [6.45, 7) is 2.96. The molecule has 7 nitrogen and oxygen atoms in total. The van der Waals surface area contributed by atoms with Crippen molar-refractivity contribution in [1.29, 1.82) is 0 Å². The van der Waals surface area contributed by atoms with E-state index in [0.717, 1.165) is 15.8 Å². The van der Waals surface area contributed by atoms with Crippen molar-refractivity contribution in [3.63, 3.8) is 0 Å². The molecule has 29 heavy (non-hydrogen) atoms. The number of imide groups is 1. The number of nitrogens with zero attached hydrogens (tertiary/aromatic N) is 1. The first-order valence-electron chi connectivity index (χ1n) is 9.73. The molecule has 7 heteroatoms. The average Bonchev–Trinajstić information content (AvgIpc) is 3.26. The molecule has 1 aliphatic heterocycles. The van der Waals surface area contributed by atoms with Gasteiger partial charge in [-0.3, -0.25) is 19.3 Å². The van der Waals surface area contributed by atoms with Crippen molar-refractivity contribution in [3.8, 4) is 0 Å². The number of amides is 2. The third-order valence-corrected chi connectivity index (χ3v) is 5.79. The molecule has 2 heterocycles. The van der Waals surface area contributed by atoms with Crippen LogP contribution in [0.4, 0.5) is 0 Å². The maximum atomic E-state index is 12.8. The van der Waals surface area contributed by atoms with Crippen LogP contribution in [0.15, 0.2) is 42.6 Å². The number of H-pyrrole nitrogens is 1. The van der Waals surface area contributed by atoms with Crippen LogP contribution in [0, 0.1) is 11.8 Å². The fourth-order valence-corrected chi connectivity index (χ4v) is 4.13. The number of fused-ring (bicyclic) bond motifs is 2. The fraction of sp³-hybridized carbons (Fsp3) is 0.364.